The fourth-order valence-corrected chi connectivity index (χ4v) is 4.67. The van der Waals surface area contributed by atoms with Crippen LogP contribution in [0.4, 0.5) is 5.82 Å². The number of anilines is 1. The Kier molecular flexibility index (Phi) is 8.26. The van der Waals surface area contributed by atoms with E-state index in [-0.39, 0.29) is 17.6 Å². The average molecular weight is 440 g/mol. The smallest absolute Gasteiger partial charge is 0.276 e. The van der Waals surface area contributed by atoms with Gasteiger partial charge in [0.1, 0.15) is 5.82 Å². The molecule has 0 bridgehead atoms. The van der Waals surface area contributed by atoms with Crippen LogP contribution < -0.4 is 10.8 Å². The molecule has 6 heteroatoms. The molecule has 174 valence electrons. The van der Waals surface area contributed by atoms with Crippen LogP contribution in [0.3, 0.4) is 0 Å². The zero-order valence-electron chi connectivity index (χ0n) is 19.5. The van der Waals surface area contributed by atoms with Crippen molar-refractivity contribution in [2.24, 2.45) is 17.3 Å². The van der Waals surface area contributed by atoms with Crippen LogP contribution in [0.1, 0.15) is 62.7 Å². The molecule has 1 aliphatic carbocycles. The number of aromatic nitrogens is 1. The van der Waals surface area contributed by atoms with Gasteiger partial charge >= 0.3 is 0 Å². The van der Waals surface area contributed by atoms with Gasteiger partial charge in [0.25, 0.3) is 5.91 Å². The highest BCUT2D eigenvalue weighted by Crippen LogP contribution is 2.48. The Labute approximate surface area is 192 Å². The summed E-state index contributed by atoms with van der Waals surface area (Å²) in [6.07, 6.45) is 9.36. The van der Waals surface area contributed by atoms with Crippen molar-refractivity contribution in [1.82, 2.24) is 10.5 Å². The second-order valence-electron chi connectivity index (χ2n) is 9.37. The molecule has 1 saturated heterocycles. The van der Waals surface area contributed by atoms with Crippen molar-refractivity contribution < 1.29 is 14.4 Å². The molecule has 1 amide bonds. The number of hydrogen-bond acceptors (Lipinski definition) is 5. The molecule has 1 saturated carbocycles. The van der Waals surface area contributed by atoms with E-state index in [1.54, 1.807) is 18.3 Å². The average Bonchev–Trinajstić information content (AvgIpc) is 2.82. The SMILES string of the molecule is C=C[C@]1(C)CC[C@@H](C(=C)CNc2ccc(C(=O)NOC3CCCCO3)cn2)C[C@H]1C(=C)C. The van der Waals surface area contributed by atoms with Gasteiger partial charge in [0.2, 0.25) is 0 Å². The monoisotopic (exact) mass is 439 g/mol. The quantitative estimate of drug-likeness (QED) is 0.397. The van der Waals surface area contributed by atoms with Gasteiger partial charge in [-0.25, -0.2) is 15.3 Å². The number of hydroxylamine groups is 1. The highest BCUT2D eigenvalue weighted by Gasteiger charge is 2.38. The largest absolute Gasteiger partial charge is 0.366 e. The van der Waals surface area contributed by atoms with Crippen LogP contribution in [-0.4, -0.2) is 30.3 Å². The molecule has 4 atom stereocenters. The van der Waals surface area contributed by atoms with E-state index in [4.69, 9.17) is 9.57 Å². The Morgan fingerprint density at radius 2 is 2.16 bits per heavy atom. The number of allylic oxidation sites excluding steroid dienone is 2. The summed E-state index contributed by atoms with van der Waals surface area (Å²) in [5.41, 5.74) is 5.39. The normalized spacial score (nSPS) is 27.9. The van der Waals surface area contributed by atoms with E-state index in [1.807, 2.05) is 0 Å². The molecule has 1 aliphatic heterocycles. The summed E-state index contributed by atoms with van der Waals surface area (Å²) in [5, 5.41) is 3.33. The van der Waals surface area contributed by atoms with E-state index in [9.17, 15) is 4.79 Å². The number of carbonyl (C=O) groups is 1. The minimum Gasteiger partial charge on any atom is -0.366 e. The molecule has 2 fully saturated rings. The number of amides is 1. The van der Waals surface area contributed by atoms with E-state index in [1.165, 1.54) is 11.1 Å². The number of hydrogen-bond donors (Lipinski definition) is 2. The van der Waals surface area contributed by atoms with Gasteiger partial charge in [-0.1, -0.05) is 37.3 Å². The minimum absolute atomic E-state index is 0.112. The van der Waals surface area contributed by atoms with E-state index in [0.717, 1.165) is 38.5 Å². The number of carbonyl (C=O) groups excluding carboxylic acids is 1. The second kappa shape index (κ2) is 10.9. The molecule has 1 unspecified atom stereocenters. The first-order valence-corrected chi connectivity index (χ1v) is 11.6. The molecule has 1 aromatic rings. The summed E-state index contributed by atoms with van der Waals surface area (Å²) in [6.45, 7) is 18.3. The molecular formula is C26H37N3O3. The first kappa shape index (κ1) is 24.2. The van der Waals surface area contributed by atoms with Gasteiger partial charge in [-0.05, 0) is 68.4 Å². The topological polar surface area (TPSA) is 72.5 Å². The molecule has 0 spiro atoms. The Balaban J connectivity index is 1.47. The molecule has 3 rings (SSSR count). The first-order valence-electron chi connectivity index (χ1n) is 11.6. The van der Waals surface area contributed by atoms with Crippen molar-refractivity contribution in [3.8, 4) is 0 Å². The third kappa shape index (κ3) is 6.08. The molecule has 1 aromatic heterocycles. The van der Waals surface area contributed by atoms with Crippen molar-refractivity contribution in [3.05, 3.63) is 60.9 Å². The lowest BCUT2D eigenvalue weighted by molar-refractivity contribution is -0.186. The van der Waals surface area contributed by atoms with Crippen LogP contribution in [0.25, 0.3) is 0 Å². The predicted molar refractivity (Wildman–Crippen MR) is 128 cm³/mol. The molecule has 2 heterocycles. The third-order valence-electron chi connectivity index (χ3n) is 6.93. The van der Waals surface area contributed by atoms with Gasteiger partial charge in [-0.15, -0.1) is 6.58 Å². The predicted octanol–water partition coefficient (Wildman–Crippen LogP) is 5.42. The van der Waals surface area contributed by atoms with E-state index in [2.05, 4.69) is 55.4 Å². The van der Waals surface area contributed by atoms with Crippen LogP contribution >= 0.6 is 0 Å². The summed E-state index contributed by atoms with van der Waals surface area (Å²) in [4.78, 5) is 22.0. The lowest BCUT2D eigenvalue weighted by atomic mass is 9.61. The van der Waals surface area contributed by atoms with Crippen molar-refractivity contribution in [3.63, 3.8) is 0 Å². The van der Waals surface area contributed by atoms with Crippen molar-refractivity contribution in [2.45, 2.75) is 58.7 Å². The molecule has 0 radical (unpaired) electrons. The van der Waals surface area contributed by atoms with Crippen LogP contribution in [-0.2, 0) is 9.57 Å². The Morgan fingerprint density at radius 1 is 1.34 bits per heavy atom. The minimum atomic E-state index is -0.374. The molecule has 0 aromatic carbocycles. The van der Waals surface area contributed by atoms with Crippen LogP contribution in [0.5, 0.6) is 0 Å². The Hall–Kier alpha value is -2.44. The van der Waals surface area contributed by atoms with E-state index in [0.29, 0.717) is 36.4 Å². The van der Waals surface area contributed by atoms with E-state index < -0.39 is 0 Å². The summed E-state index contributed by atoms with van der Waals surface area (Å²) >= 11 is 0. The number of nitrogens with one attached hydrogen (secondary N) is 2. The Morgan fingerprint density at radius 3 is 2.78 bits per heavy atom. The number of pyridine rings is 1. The number of rotatable bonds is 9. The lowest BCUT2D eigenvalue weighted by Crippen LogP contribution is -2.34. The van der Waals surface area contributed by atoms with Crippen LogP contribution in [0, 0.1) is 17.3 Å². The molecular weight excluding hydrogens is 402 g/mol. The summed E-state index contributed by atoms with van der Waals surface area (Å²) in [7, 11) is 0. The van der Waals surface area contributed by atoms with Crippen LogP contribution in [0.2, 0.25) is 0 Å². The lowest BCUT2D eigenvalue weighted by Gasteiger charge is -2.44. The van der Waals surface area contributed by atoms with Gasteiger partial charge in [0.05, 0.1) is 5.56 Å². The maximum atomic E-state index is 12.3. The van der Waals surface area contributed by atoms with Crippen molar-refractivity contribution in [2.75, 3.05) is 18.5 Å². The molecule has 32 heavy (non-hydrogen) atoms. The maximum Gasteiger partial charge on any atom is 0.276 e. The van der Waals surface area contributed by atoms with Crippen LogP contribution in [0.15, 0.2) is 55.3 Å². The maximum absolute atomic E-state index is 12.3. The van der Waals surface area contributed by atoms with E-state index >= 15 is 0 Å². The summed E-state index contributed by atoms with van der Waals surface area (Å²) < 4.78 is 5.44. The van der Waals surface area contributed by atoms with Gasteiger partial charge < -0.3 is 10.1 Å². The summed E-state index contributed by atoms with van der Waals surface area (Å²) in [5.74, 6) is 1.25. The fraction of sp³-hybridized carbons (Fsp3) is 0.538. The third-order valence-corrected chi connectivity index (χ3v) is 6.93. The van der Waals surface area contributed by atoms with Gasteiger partial charge in [-0.2, -0.15) is 0 Å². The van der Waals surface area contributed by atoms with Gasteiger partial charge in [0, 0.05) is 25.8 Å². The number of ether oxygens (including phenoxy) is 1. The second-order valence-corrected chi connectivity index (χ2v) is 9.37. The fourth-order valence-electron chi connectivity index (χ4n) is 4.67. The van der Waals surface area contributed by atoms with Gasteiger partial charge in [0.15, 0.2) is 6.29 Å². The highest BCUT2D eigenvalue weighted by molar-refractivity contribution is 5.93. The molecule has 6 nitrogen and oxygen atoms in total. The number of nitrogens with zero attached hydrogens (tertiary/aromatic N) is 1. The van der Waals surface area contributed by atoms with Gasteiger partial charge in [-0.3, -0.25) is 4.79 Å². The zero-order valence-corrected chi connectivity index (χ0v) is 19.5. The molecule has 2 N–H and O–H groups in total. The zero-order chi connectivity index (χ0) is 23.1. The highest BCUT2D eigenvalue weighted by atomic mass is 16.8. The standard InChI is InChI=1S/C26H37N3O3/c1-6-26(5)13-12-20(15-22(26)18(2)3)19(4)16-27-23-11-10-21(17-28-23)25(30)29-32-24-9-7-8-14-31-24/h6,10-11,17,20,22,24H,1-2,4,7-9,12-16H2,3,5H3,(H,27,28)(H,29,30)/t20-,22+,24?,26-/m1/s1. The summed E-state index contributed by atoms with van der Waals surface area (Å²) in [6, 6.07) is 3.53. The van der Waals surface area contributed by atoms with Crippen molar-refractivity contribution >= 4 is 11.7 Å². The first-order chi connectivity index (χ1) is 15.3. The Bertz CT molecular complexity index is 829. The molecule has 2 aliphatic rings. The van der Waals surface area contributed by atoms with Crippen molar-refractivity contribution in [1.29, 1.82) is 0 Å².